The number of carbonyl (C=O) groups excluding carboxylic acids is 2. The SMILES string of the molecule is CCCC(=O)Nc1ccc(N2CCCC2)c(C(=O)NCCCOCC)c1. The van der Waals surface area contributed by atoms with E-state index in [1.807, 2.05) is 26.0 Å². The molecule has 1 saturated heterocycles. The summed E-state index contributed by atoms with van der Waals surface area (Å²) < 4.78 is 5.30. The van der Waals surface area contributed by atoms with Crippen molar-refractivity contribution in [1.82, 2.24) is 5.32 Å². The van der Waals surface area contributed by atoms with Gasteiger partial charge in [0.2, 0.25) is 5.91 Å². The molecule has 2 N–H and O–H groups in total. The lowest BCUT2D eigenvalue weighted by atomic mass is 10.1. The van der Waals surface area contributed by atoms with Crippen molar-refractivity contribution in [2.24, 2.45) is 0 Å². The van der Waals surface area contributed by atoms with Crippen molar-refractivity contribution >= 4 is 23.2 Å². The van der Waals surface area contributed by atoms with Crippen LogP contribution in [0, 0.1) is 0 Å². The topological polar surface area (TPSA) is 70.7 Å². The fraction of sp³-hybridized carbons (Fsp3) is 0.600. The predicted octanol–water partition coefficient (Wildman–Crippen LogP) is 3.18. The molecule has 1 aromatic carbocycles. The molecule has 6 nitrogen and oxygen atoms in total. The minimum Gasteiger partial charge on any atom is -0.382 e. The van der Waals surface area contributed by atoms with Gasteiger partial charge in [0.25, 0.3) is 5.91 Å². The maximum absolute atomic E-state index is 12.7. The van der Waals surface area contributed by atoms with Crippen molar-refractivity contribution in [3.8, 4) is 0 Å². The number of hydrogen-bond donors (Lipinski definition) is 2. The van der Waals surface area contributed by atoms with Crippen LogP contribution in [0.15, 0.2) is 18.2 Å². The van der Waals surface area contributed by atoms with Crippen molar-refractivity contribution in [3.05, 3.63) is 23.8 Å². The van der Waals surface area contributed by atoms with Crippen LogP contribution in [0.2, 0.25) is 0 Å². The van der Waals surface area contributed by atoms with Crippen LogP contribution < -0.4 is 15.5 Å². The van der Waals surface area contributed by atoms with Crippen LogP contribution in [-0.4, -0.2) is 44.7 Å². The lowest BCUT2D eigenvalue weighted by Crippen LogP contribution is -2.29. The van der Waals surface area contributed by atoms with E-state index in [-0.39, 0.29) is 11.8 Å². The van der Waals surface area contributed by atoms with E-state index < -0.39 is 0 Å². The molecule has 0 aliphatic carbocycles. The minimum atomic E-state index is -0.102. The molecule has 1 aromatic rings. The van der Waals surface area contributed by atoms with Crippen LogP contribution in [0.1, 0.15) is 56.3 Å². The molecule has 0 bridgehead atoms. The van der Waals surface area contributed by atoms with Gasteiger partial charge in [-0.3, -0.25) is 9.59 Å². The molecule has 0 radical (unpaired) electrons. The number of ether oxygens (including phenoxy) is 1. The molecule has 1 aliphatic heterocycles. The lowest BCUT2D eigenvalue weighted by molar-refractivity contribution is -0.116. The Hall–Kier alpha value is -2.08. The highest BCUT2D eigenvalue weighted by atomic mass is 16.5. The molecule has 0 spiro atoms. The highest BCUT2D eigenvalue weighted by molar-refractivity contribution is 6.02. The third kappa shape index (κ3) is 6.02. The standard InChI is InChI=1S/C20H31N3O3/c1-3-8-19(24)22-16-9-10-18(23-12-5-6-13-23)17(15-16)20(25)21-11-7-14-26-4-2/h9-10,15H,3-8,11-14H2,1-2H3,(H,21,25)(H,22,24). The average Bonchev–Trinajstić information content (AvgIpc) is 3.16. The predicted molar refractivity (Wildman–Crippen MR) is 105 cm³/mol. The maximum Gasteiger partial charge on any atom is 0.253 e. The van der Waals surface area contributed by atoms with Gasteiger partial charge in [-0.2, -0.15) is 0 Å². The van der Waals surface area contributed by atoms with Crippen molar-refractivity contribution in [2.75, 3.05) is 43.1 Å². The third-order valence-corrected chi connectivity index (χ3v) is 4.40. The molecule has 0 atom stereocenters. The number of amides is 2. The zero-order valence-corrected chi connectivity index (χ0v) is 16.0. The molecule has 144 valence electrons. The summed E-state index contributed by atoms with van der Waals surface area (Å²) in [6.07, 6.45) is 4.35. The second-order valence-electron chi connectivity index (χ2n) is 6.53. The van der Waals surface area contributed by atoms with E-state index in [4.69, 9.17) is 4.74 Å². The van der Waals surface area contributed by atoms with Gasteiger partial charge in [0, 0.05) is 50.6 Å². The number of nitrogens with zero attached hydrogens (tertiary/aromatic N) is 1. The average molecular weight is 361 g/mol. The number of anilines is 2. The van der Waals surface area contributed by atoms with Crippen molar-refractivity contribution in [2.45, 2.75) is 46.0 Å². The summed E-state index contributed by atoms with van der Waals surface area (Å²) in [5.74, 6) is -0.125. The molecule has 1 heterocycles. The largest absolute Gasteiger partial charge is 0.382 e. The van der Waals surface area contributed by atoms with Gasteiger partial charge >= 0.3 is 0 Å². The number of benzene rings is 1. The van der Waals surface area contributed by atoms with E-state index in [0.29, 0.717) is 37.4 Å². The molecule has 0 saturated carbocycles. The molecule has 0 aromatic heterocycles. The summed E-state index contributed by atoms with van der Waals surface area (Å²) >= 11 is 0. The Morgan fingerprint density at radius 1 is 1.19 bits per heavy atom. The Kier molecular flexibility index (Phi) is 8.41. The van der Waals surface area contributed by atoms with E-state index in [1.165, 1.54) is 0 Å². The normalized spacial score (nSPS) is 13.7. The summed E-state index contributed by atoms with van der Waals surface area (Å²) in [5, 5.41) is 5.85. The zero-order valence-electron chi connectivity index (χ0n) is 16.0. The smallest absolute Gasteiger partial charge is 0.253 e. The van der Waals surface area contributed by atoms with Gasteiger partial charge in [0.15, 0.2) is 0 Å². The lowest BCUT2D eigenvalue weighted by Gasteiger charge is -2.22. The zero-order chi connectivity index (χ0) is 18.8. The first-order valence-corrected chi connectivity index (χ1v) is 9.70. The molecule has 1 aliphatic rings. The van der Waals surface area contributed by atoms with Gasteiger partial charge in [-0.25, -0.2) is 0 Å². The van der Waals surface area contributed by atoms with Gasteiger partial charge in [0.05, 0.1) is 5.56 Å². The second kappa shape index (κ2) is 10.8. The van der Waals surface area contributed by atoms with Gasteiger partial charge in [-0.1, -0.05) is 6.92 Å². The third-order valence-electron chi connectivity index (χ3n) is 4.40. The molecule has 6 heteroatoms. The highest BCUT2D eigenvalue weighted by Crippen LogP contribution is 2.27. The van der Waals surface area contributed by atoms with Crippen LogP contribution in [0.5, 0.6) is 0 Å². The van der Waals surface area contributed by atoms with E-state index in [0.717, 1.165) is 44.5 Å². The van der Waals surface area contributed by atoms with Crippen LogP contribution in [-0.2, 0) is 9.53 Å². The summed E-state index contributed by atoms with van der Waals surface area (Å²) in [6, 6.07) is 5.62. The van der Waals surface area contributed by atoms with Crippen molar-refractivity contribution in [1.29, 1.82) is 0 Å². The maximum atomic E-state index is 12.7. The van der Waals surface area contributed by atoms with Crippen molar-refractivity contribution in [3.63, 3.8) is 0 Å². The summed E-state index contributed by atoms with van der Waals surface area (Å²) in [6.45, 7) is 7.76. The number of hydrogen-bond acceptors (Lipinski definition) is 4. The molecular formula is C20H31N3O3. The molecular weight excluding hydrogens is 330 g/mol. The van der Waals surface area contributed by atoms with Crippen LogP contribution in [0.4, 0.5) is 11.4 Å². The van der Waals surface area contributed by atoms with E-state index in [9.17, 15) is 9.59 Å². The first-order chi connectivity index (χ1) is 12.7. The molecule has 2 rings (SSSR count). The number of carbonyl (C=O) groups is 2. The van der Waals surface area contributed by atoms with Crippen LogP contribution in [0.25, 0.3) is 0 Å². The fourth-order valence-corrected chi connectivity index (χ4v) is 3.10. The summed E-state index contributed by atoms with van der Waals surface area (Å²) in [4.78, 5) is 26.8. The van der Waals surface area contributed by atoms with E-state index in [1.54, 1.807) is 6.07 Å². The number of nitrogens with one attached hydrogen (secondary N) is 2. The second-order valence-corrected chi connectivity index (χ2v) is 6.53. The van der Waals surface area contributed by atoms with Crippen LogP contribution >= 0.6 is 0 Å². The first-order valence-electron chi connectivity index (χ1n) is 9.70. The molecule has 0 unspecified atom stereocenters. The monoisotopic (exact) mass is 361 g/mol. The van der Waals surface area contributed by atoms with Gasteiger partial charge in [-0.15, -0.1) is 0 Å². The Bertz CT molecular complexity index is 598. The first kappa shape index (κ1) is 20.2. The Morgan fingerprint density at radius 3 is 2.65 bits per heavy atom. The van der Waals surface area contributed by atoms with Gasteiger partial charge in [0.1, 0.15) is 0 Å². The Balaban J connectivity index is 2.10. The van der Waals surface area contributed by atoms with Crippen molar-refractivity contribution < 1.29 is 14.3 Å². The Morgan fingerprint density at radius 2 is 1.96 bits per heavy atom. The fourth-order valence-electron chi connectivity index (χ4n) is 3.10. The molecule has 2 amide bonds. The summed E-state index contributed by atoms with van der Waals surface area (Å²) in [5.41, 5.74) is 2.24. The van der Waals surface area contributed by atoms with Gasteiger partial charge in [-0.05, 0) is 50.8 Å². The minimum absolute atomic E-state index is 0.0236. The quantitative estimate of drug-likeness (QED) is 0.628. The number of rotatable bonds is 10. The van der Waals surface area contributed by atoms with E-state index in [2.05, 4.69) is 15.5 Å². The highest BCUT2D eigenvalue weighted by Gasteiger charge is 2.20. The van der Waals surface area contributed by atoms with E-state index >= 15 is 0 Å². The Labute approximate surface area is 156 Å². The molecule has 26 heavy (non-hydrogen) atoms. The summed E-state index contributed by atoms with van der Waals surface area (Å²) in [7, 11) is 0. The van der Waals surface area contributed by atoms with Gasteiger partial charge < -0.3 is 20.3 Å². The molecule has 1 fully saturated rings. The van der Waals surface area contributed by atoms with Crippen LogP contribution in [0.3, 0.4) is 0 Å².